The van der Waals surface area contributed by atoms with Gasteiger partial charge in [-0.2, -0.15) is 0 Å². The van der Waals surface area contributed by atoms with Crippen LogP contribution in [0.4, 0.5) is 11.4 Å². The van der Waals surface area contributed by atoms with Gasteiger partial charge in [0.15, 0.2) is 12.4 Å². The van der Waals surface area contributed by atoms with Gasteiger partial charge in [-0.1, -0.05) is 35.9 Å². The summed E-state index contributed by atoms with van der Waals surface area (Å²) < 4.78 is 5.47. The number of hydrogen-bond donors (Lipinski definition) is 2. The number of anilines is 2. The number of carbonyl (C=O) groups is 3. The summed E-state index contributed by atoms with van der Waals surface area (Å²) >= 11 is 5.85. The van der Waals surface area contributed by atoms with Gasteiger partial charge in [0, 0.05) is 16.1 Å². The molecule has 0 saturated carbocycles. The number of hydrogen-bond acceptors (Lipinski definition) is 4. The summed E-state index contributed by atoms with van der Waals surface area (Å²) in [5.41, 5.74) is 1.83. The smallest absolute Gasteiger partial charge is 0.262 e. The van der Waals surface area contributed by atoms with Crippen molar-refractivity contribution in [2.75, 3.05) is 17.2 Å². The minimum atomic E-state index is -0.406. The van der Waals surface area contributed by atoms with Crippen LogP contribution in [-0.4, -0.2) is 24.2 Å². The van der Waals surface area contributed by atoms with E-state index in [1.807, 2.05) is 0 Å². The first-order chi connectivity index (χ1) is 14.4. The van der Waals surface area contributed by atoms with E-state index in [1.54, 1.807) is 72.8 Å². The van der Waals surface area contributed by atoms with Crippen molar-refractivity contribution in [2.45, 2.75) is 6.92 Å². The van der Waals surface area contributed by atoms with Crippen LogP contribution >= 0.6 is 11.6 Å². The van der Waals surface area contributed by atoms with Gasteiger partial charge >= 0.3 is 0 Å². The number of para-hydroxylation sites is 2. The van der Waals surface area contributed by atoms with Crippen LogP contribution in [0, 0.1) is 0 Å². The summed E-state index contributed by atoms with van der Waals surface area (Å²) in [7, 11) is 0. The lowest BCUT2D eigenvalue weighted by atomic mass is 10.1. The molecule has 0 heterocycles. The molecule has 30 heavy (non-hydrogen) atoms. The van der Waals surface area contributed by atoms with Crippen LogP contribution in [0.5, 0.6) is 5.75 Å². The van der Waals surface area contributed by atoms with E-state index in [0.717, 1.165) is 0 Å². The maximum atomic E-state index is 12.4. The number of Topliss-reactive ketones (excluding diaryl/α,β-unsaturated/α-hetero) is 1. The van der Waals surface area contributed by atoms with E-state index < -0.39 is 5.91 Å². The molecule has 0 spiro atoms. The second kappa shape index (κ2) is 9.71. The quantitative estimate of drug-likeness (QED) is 0.535. The molecule has 0 aliphatic carbocycles. The van der Waals surface area contributed by atoms with Crippen molar-refractivity contribution in [3.8, 4) is 5.75 Å². The fraction of sp³-hybridized carbons (Fsp3) is 0.0870. The highest BCUT2D eigenvalue weighted by atomic mass is 35.5. The van der Waals surface area contributed by atoms with Crippen LogP contribution in [-0.2, 0) is 4.79 Å². The molecule has 3 rings (SSSR count). The van der Waals surface area contributed by atoms with Gasteiger partial charge < -0.3 is 15.4 Å². The Labute approximate surface area is 178 Å². The molecule has 0 fully saturated rings. The second-order valence-corrected chi connectivity index (χ2v) is 6.86. The zero-order chi connectivity index (χ0) is 21.5. The number of benzene rings is 3. The van der Waals surface area contributed by atoms with Gasteiger partial charge in [-0.3, -0.25) is 14.4 Å². The fourth-order valence-corrected chi connectivity index (χ4v) is 2.76. The number of halogens is 1. The van der Waals surface area contributed by atoms with Gasteiger partial charge in [0.05, 0.1) is 11.4 Å². The van der Waals surface area contributed by atoms with Crippen molar-refractivity contribution in [2.24, 2.45) is 0 Å². The SMILES string of the molecule is CC(=O)c1cccc(OCC(=O)Nc2ccccc2NC(=O)c2ccc(Cl)cc2)c1. The number of ketones is 1. The van der Waals surface area contributed by atoms with Gasteiger partial charge in [0.2, 0.25) is 0 Å². The summed E-state index contributed by atoms with van der Waals surface area (Å²) in [6, 6.07) is 19.9. The monoisotopic (exact) mass is 422 g/mol. The predicted molar refractivity (Wildman–Crippen MR) is 116 cm³/mol. The number of ether oxygens (including phenoxy) is 1. The van der Waals surface area contributed by atoms with Gasteiger partial charge in [-0.05, 0) is 55.5 Å². The Balaban J connectivity index is 1.63. The predicted octanol–water partition coefficient (Wildman–Crippen LogP) is 4.81. The number of amides is 2. The summed E-state index contributed by atoms with van der Waals surface area (Å²) in [4.78, 5) is 36.2. The van der Waals surface area contributed by atoms with Crippen molar-refractivity contribution in [3.63, 3.8) is 0 Å². The third kappa shape index (κ3) is 5.68. The van der Waals surface area contributed by atoms with Crippen molar-refractivity contribution < 1.29 is 19.1 Å². The third-order valence-electron chi connectivity index (χ3n) is 4.17. The topological polar surface area (TPSA) is 84.5 Å². The van der Waals surface area contributed by atoms with Crippen LogP contribution in [0.1, 0.15) is 27.6 Å². The summed E-state index contributed by atoms with van der Waals surface area (Å²) in [6.45, 7) is 1.21. The molecule has 0 radical (unpaired) electrons. The van der Waals surface area contributed by atoms with Crippen LogP contribution < -0.4 is 15.4 Å². The summed E-state index contributed by atoms with van der Waals surface area (Å²) in [5.74, 6) is -0.403. The molecular weight excluding hydrogens is 404 g/mol. The summed E-state index contributed by atoms with van der Waals surface area (Å²) in [6.07, 6.45) is 0. The maximum Gasteiger partial charge on any atom is 0.262 e. The molecule has 3 aromatic carbocycles. The first-order valence-electron chi connectivity index (χ1n) is 9.12. The molecule has 0 aliphatic rings. The van der Waals surface area contributed by atoms with E-state index in [1.165, 1.54) is 6.92 Å². The Morgan fingerprint density at radius 2 is 1.50 bits per heavy atom. The van der Waals surface area contributed by atoms with E-state index in [0.29, 0.717) is 33.3 Å². The molecule has 0 aromatic heterocycles. The fourth-order valence-electron chi connectivity index (χ4n) is 2.64. The first-order valence-corrected chi connectivity index (χ1v) is 9.50. The maximum absolute atomic E-state index is 12.4. The van der Waals surface area contributed by atoms with E-state index in [2.05, 4.69) is 10.6 Å². The zero-order valence-corrected chi connectivity index (χ0v) is 16.9. The van der Waals surface area contributed by atoms with Crippen molar-refractivity contribution in [3.05, 3.63) is 88.9 Å². The molecule has 2 N–H and O–H groups in total. The number of rotatable bonds is 7. The lowest BCUT2D eigenvalue weighted by Crippen LogP contribution is -2.21. The van der Waals surface area contributed by atoms with Crippen LogP contribution in [0.25, 0.3) is 0 Å². The minimum absolute atomic E-state index is 0.0877. The molecule has 2 amide bonds. The molecule has 0 aliphatic heterocycles. The Bertz CT molecular complexity index is 1080. The van der Waals surface area contributed by atoms with Gasteiger partial charge in [-0.25, -0.2) is 0 Å². The molecule has 152 valence electrons. The van der Waals surface area contributed by atoms with Crippen LogP contribution in [0.2, 0.25) is 5.02 Å². The first kappa shape index (κ1) is 21.1. The molecule has 0 atom stereocenters. The lowest BCUT2D eigenvalue weighted by molar-refractivity contribution is -0.118. The third-order valence-corrected chi connectivity index (χ3v) is 4.42. The molecule has 7 heteroatoms. The van der Waals surface area contributed by atoms with Gasteiger partial charge in [0.1, 0.15) is 5.75 Å². The Morgan fingerprint density at radius 1 is 0.833 bits per heavy atom. The summed E-state index contributed by atoms with van der Waals surface area (Å²) in [5, 5.41) is 6.02. The molecule has 6 nitrogen and oxygen atoms in total. The van der Waals surface area contributed by atoms with Crippen LogP contribution in [0.3, 0.4) is 0 Å². The highest BCUT2D eigenvalue weighted by molar-refractivity contribution is 6.30. The highest BCUT2D eigenvalue weighted by Gasteiger charge is 2.12. The zero-order valence-electron chi connectivity index (χ0n) is 16.1. The van der Waals surface area contributed by atoms with E-state index in [9.17, 15) is 14.4 Å². The number of carbonyl (C=O) groups excluding carboxylic acids is 3. The van der Waals surface area contributed by atoms with Crippen LogP contribution in [0.15, 0.2) is 72.8 Å². The van der Waals surface area contributed by atoms with E-state index >= 15 is 0 Å². The number of nitrogens with one attached hydrogen (secondary N) is 2. The molecule has 0 saturated heterocycles. The molecule has 3 aromatic rings. The lowest BCUT2D eigenvalue weighted by Gasteiger charge is -2.13. The van der Waals surface area contributed by atoms with Gasteiger partial charge in [0.25, 0.3) is 11.8 Å². The van der Waals surface area contributed by atoms with E-state index in [-0.39, 0.29) is 18.3 Å². The molecule has 0 unspecified atom stereocenters. The average Bonchev–Trinajstić information content (AvgIpc) is 2.74. The largest absolute Gasteiger partial charge is 0.484 e. The molecule has 0 bridgehead atoms. The average molecular weight is 423 g/mol. The van der Waals surface area contributed by atoms with Crippen molar-refractivity contribution >= 4 is 40.6 Å². The minimum Gasteiger partial charge on any atom is -0.484 e. The normalized spacial score (nSPS) is 10.2. The molecular formula is C23H19ClN2O4. The standard InChI is InChI=1S/C23H19ClN2O4/c1-15(27)17-5-4-6-19(13-17)30-14-22(28)25-20-7-2-3-8-21(20)26-23(29)16-9-11-18(24)12-10-16/h2-13H,14H2,1H3,(H,25,28)(H,26,29). The Morgan fingerprint density at radius 3 is 2.17 bits per heavy atom. The highest BCUT2D eigenvalue weighted by Crippen LogP contribution is 2.22. The Hall–Kier alpha value is -3.64. The van der Waals surface area contributed by atoms with Gasteiger partial charge in [-0.15, -0.1) is 0 Å². The van der Waals surface area contributed by atoms with Crippen molar-refractivity contribution in [1.29, 1.82) is 0 Å². The second-order valence-electron chi connectivity index (χ2n) is 6.43. The Kier molecular flexibility index (Phi) is 6.83. The van der Waals surface area contributed by atoms with E-state index in [4.69, 9.17) is 16.3 Å². The van der Waals surface area contributed by atoms with Crippen molar-refractivity contribution in [1.82, 2.24) is 0 Å².